The first-order chi connectivity index (χ1) is 12.9. The van der Waals surface area contributed by atoms with Gasteiger partial charge in [-0.05, 0) is 37.1 Å². The minimum Gasteiger partial charge on any atom is -0.493 e. The van der Waals surface area contributed by atoms with Crippen LogP contribution in [0.25, 0.3) is 0 Å². The molecule has 0 aliphatic carbocycles. The average Bonchev–Trinajstić information content (AvgIpc) is 2.64. The number of hydrogen-bond acceptors (Lipinski definition) is 4. The van der Waals surface area contributed by atoms with E-state index in [1.807, 2.05) is 25.1 Å². The second-order valence-corrected chi connectivity index (χ2v) is 7.37. The van der Waals surface area contributed by atoms with Crippen LogP contribution in [-0.4, -0.2) is 65.5 Å². The molecule has 2 rings (SSSR count). The Kier molecular flexibility index (Phi) is 8.09. The first-order valence-corrected chi connectivity index (χ1v) is 9.82. The van der Waals surface area contributed by atoms with Crippen LogP contribution in [0.3, 0.4) is 0 Å². The molecule has 7 nitrogen and oxygen atoms in total. The molecule has 1 heterocycles. The maximum absolute atomic E-state index is 12.3. The quantitative estimate of drug-likeness (QED) is 0.670. The van der Waals surface area contributed by atoms with Crippen LogP contribution < -0.4 is 4.74 Å². The van der Waals surface area contributed by atoms with Crippen LogP contribution >= 0.6 is 15.9 Å². The molecule has 1 aliphatic rings. The van der Waals surface area contributed by atoms with Crippen LogP contribution in [0.4, 0.5) is 0 Å². The van der Waals surface area contributed by atoms with Crippen molar-refractivity contribution in [3.63, 3.8) is 0 Å². The SMILES string of the molecule is Cc1cc(OCCC(=O)N2CCN(C(=O)CCCC(=O)O)CC2)ccc1Br. The number of aliphatic carboxylic acids is 1. The topological polar surface area (TPSA) is 87.2 Å². The summed E-state index contributed by atoms with van der Waals surface area (Å²) in [5.74, 6) is -0.182. The molecule has 1 saturated heterocycles. The van der Waals surface area contributed by atoms with Crippen molar-refractivity contribution in [2.75, 3.05) is 32.8 Å². The first kappa shape index (κ1) is 21.2. The minimum atomic E-state index is -0.890. The van der Waals surface area contributed by atoms with E-state index in [0.717, 1.165) is 15.8 Å². The van der Waals surface area contributed by atoms with Crippen molar-refractivity contribution >= 4 is 33.7 Å². The number of carboxylic acids is 1. The second kappa shape index (κ2) is 10.3. The van der Waals surface area contributed by atoms with Crippen LogP contribution in [0, 0.1) is 6.92 Å². The lowest BCUT2D eigenvalue weighted by molar-refractivity contribution is -0.140. The Morgan fingerprint density at radius 3 is 2.19 bits per heavy atom. The third-order valence-electron chi connectivity index (χ3n) is 4.48. The number of aryl methyl sites for hydroxylation is 1. The van der Waals surface area contributed by atoms with E-state index in [2.05, 4.69) is 15.9 Å². The van der Waals surface area contributed by atoms with Gasteiger partial charge in [0.05, 0.1) is 13.0 Å². The van der Waals surface area contributed by atoms with E-state index in [0.29, 0.717) is 45.6 Å². The summed E-state index contributed by atoms with van der Waals surface area (Å²) >= 11 is 3.44. The Hall–Kier alpha value is -2.09. The number of carbonyl (C=O) groups excluding carboxylic acids is 2. The molecule has 8 heteroatoms. The number of carboxylic acid groups (broad SMARTS) is 1. The lowest BCUT2D eigenvalue weighted by atomic mass is 10.2. The Morgan fingerprint density at radius 2 is 1.63 bits per heavy atom. The number of nitrogens with zero attached hydrogens (tertiary/aromatic N) is 2. The number of halogens is 1. The molecule has 0 bridgehead atoms. The Labute approximate surface area is 167 Å². The van der Waals surface area contributed by atoms with Crippen LogP contribution in [0.1, 0.15) is 31.2 Å². The lowest BCUT2D eigenvalue weighted by Gasteiger charge is -2.35. The van der Waals surface area contributed by atoms with Crippen molar-refractivity contribution in [1.29, 1.82) is 0 Å². The lowest BCUT2D eigenvalue weighted by Crippen LogP contribution is -2.50. The normalized spacial score (nSPS) is 14.1. The fourth-order valence-electron chi connectivity index (χ4n) is 2.88. The number of piperazine rings is 1. The number of hydrogen-bond donors (Lipinski definition) is 1. The van der Waals surface area contributed by atoms with E-state index in [1.54, 1.807) is 9.80 Å². The van der Waals surface area contributed by atoms with Crippen LogP contribution in [0.2, 0.25) is 0 Å². The summed E-state index contributed by atoms with van der Waals surface area (Å²) < 4.78 is 6.66. The highest BCUT2D eigenvalue weighted by Gasteiger charge is 2.23. The summed E-state index contributed by atoms with van der Waals surface area (Å²) in [4.78, 5) is 38.3. The van der Waals surface area contributed by atoms with Gasteiger partial charge in [-0.25, -0.2) is 0 Å². The van der Waals surface area contributed by atoms with Gasteiger partial charge in [0.2, 0.25) is 11.8 Å². The molecule has 1 fully saturated rings. The van der Waals surface area contributed by atoms with E-state index in [4.69, 9.17) is 9.84 Å². The number of amides is 2. The summed E-state index contributed by atoms with van der Waals surface area (Å²) in [5.41, 5.74) is 1.07. The van der Waals surface area contributed by atoms with E-state index in [1.165, 1.54) is 0 Å². The standard InChI is InChI=1S/C19H25BrN2O5/c1-14-13-15(5-6-16(14)20)27-12-7-18(24)22-10-8-21(9-11-22)17(23)3-2-4-19(25)26/h5-6,13H,2-4,7-12H2,1H3,(H,25,26). The van der Waals surface area contributed by atoms with Crippen molar-refractivity contribution < 1.29 is 24.2 Å². The van der Waals surface area contributed by atoms with Gasteiger partial charge in [0.1, 0.15) is 5.75 Å². The Balaban J connectivity index is 1.67. The highest BCUT2D eigenvalue weighted by molar-refractivity contribution is 9.10. The number of ether oxygens (including phenoxy) is 1. The van der Waals surface area contributed by atoms with Crippen LogP contribution in [0.5, 0.6) is 5.75 Å². The predicted octanol–water partition coefficient (Wildman–Crippen LogP) is 2.45. The van der Waals surface area contributed by atoms with E-state index < -0.39 is 5.97 Å². The van der Waals surface area contributed by atoms with E-state index in [-0.39, 0.29) is 24.7 Å². The van der Waals surface area contributed by atoms with Gasteiger partial charge in [-0.3, -0.25) is 14.4 Å². The van der Waals surface area contributed by atoms with Crippen molar-refractivity contribution in [1.82, 2.24) is 9.80 Å². The summed E-state index contributed by atoms with van der Waals surface area (Å²) in [6.07, 6.45) is 0.880. The number of benzene rings is 1. The fraction of sp³-hybridized carbons (Fsp3) is 0.526. The van der Waals surface area contributed by atoms with Crippen molar-refractivity contribution in [3.8, 4) is 5.75 Å². The Bertz CT molecular complexity index is 687. The summed E-state index contributed by atoms with van der Waals surface area (Å²) in [5, 5.41) is 8.62. The molecule has 0 saturated carbocycles. The summed E-state index contributed by atoms with van der Waals surface area (Å²) in [6, 6.07) is 5.69. The van der Waals surface area contributed by atoms with Gasteiger partial charge < -0.3 is 19.6 Å². The average molecular weight is 441 g/mol. The highest BCUT2D eigenvalue weighted by Crippen LogP contribution is 2.21. The summed E-state index contributed by atoms with van der Waals surface area (Å²) in [6.45, 7) is 4.27. The largest absolute Gasteiger partial charge is 0.493 e. The highest BCUT2D eigenvalue weighted by atomic mass is 79.9. The van der Waals surface area contributed by atoms with Gasteiger partial charge in [-0.1, -0.05) is 15.9 Å². The molecule has 1 N–H and O–H groups in total. The molecule has 0 radical (unpaired) electrons. The molecule has 1 aromatic carbocycles. The molecule has 0 atom stereocenters. The molecular weight excluding hydrogens is 416 g/mol. The van der Waals surface area contributed by atoms with Crippen molar-refractivity contribution in [3.05, 3.63) is 28.2 Å². The van der Waals surface area contributed by atoms with Gasteiger partial charge in [-0.15, -0.1) is 0 Å². The summed E-state index contributed by atoms with van der Waals surface area (Å²) in [7, 11) is 0. The van der Waals surface area contributed by atoms with Crippen molar-refractivity contribution in [2.24, 2.45) is 0 Å². The molecule has 1 aliphatic heterocycles. The fourth-order valence-corrected chi connectivity index (χ4v) is 3.12. The van der Waals surface area contributed by atoms with Gasteiger partial charge in [0.25, 0.3) is 0 Å². The Morgan fingerprint density at radius 1 is 1.04 bits per heavy atom. The maximum atomic E-state index is 12.3. The van der Waals surface area contributed by atoms with Crippen molar-refractivity contribution in [2.45, 2.75) is 32.6 Å². The van der Waals surface area contributed by atoms with Gasteiger partial charge in [0, 0.05) is 43.5 Å². The van der Waals surface area contributed by atoms with Crippen LogP contribution in [0.15, 0.2) is 22.7 Å². The van der Waals surface area contributed by atoms with Gasteiger partial charge in [-0.2, -0.15) is 0 Å². The molecule has 1 aromatic rings. The monoisotopic (exact) mass is 440 g/mol. The van der Waals surface area contributed by atoms with Gasteiger partial charge >= 0.3 is 5.97 Å². The predicted molar refractivity (Wildman–Crippen MR) is 104 cm³/mol. The second-order valence-electron chi connectivity index (χ2n) is 6.52. The third-order valence-corrected chi connectivity index (χ3v) is 5.37. The third kappa shape index (κ3) is 6.86. The zero-order chi connectivity index (χ0) is 19.8. The molecule has 27 heavy (non-hydrogen) atoms. The molecule has 0 aromatic heterocycles. The number of rotatable bonds is 8. The first-order valence-electron chi connectivity index (χ1n) is 9.03. The molecule has 2 amide bonds. The van der Waals surface area contributed by atoms with E-state index >= 15 is 0 Å². The zero-order valence-electron chi connectivity index (χ0n) is 15.4. The molecule has 0 unspecified atom stereocenters. The molecule has 0 spiro atoms. The molecular formula is C19H25BrN2O5. The molecule has 148 valence electrons. The minimum absolute atomic E-state index is 0.00207. The smallest absolute Gasteiger partial charge is 0.303 e. The van der Waals surface area contributed by atoms with Crippen LogP contribution in [-0.2, 0) is 14.4 Å². The van der Waals surface area contributed by atoms with E-state index in [9.17, 15) is 14.4 Å². The van der Waals surface area contributed by atoms with Gasteiger partial charge in [0.15, 0.2) is 0 Å². The number of carbonyl (C=O) groups is 3. The zero-order valence-corrected chi connectivity index (χ0v) is 17.0. The maximum Gasteiger partial charge on any atom is 0.303 e.